The number of hydrogen-bond donors (Lipinski definition) is 4. The maximum absolute atomic E-state index is 11.0. The van der Waals surface area contributed by atoms with Crippen LogP contribution in [0.2, 0.25) is 6.32 Å². The molecule has 5 N–H and O–H groups in total. The van der Waals surface area contributed by atoms with Crippen molar-refractivity contribution in [2.75, 3.05) is 20.6 Å². The Labute approximate surface area is 122 Å². The van der Waals surface area contributed by atoms with Crippen LogP contribution in [0.1, 0.15) is 32.6 Å². The van der Waals surface area contributed by atoms with Crippen LogP contribution in [0.15, 0.2) is 0 Å². The monoisotopic (exact) mass is 288 g/mol. The summed E-state index contributed by atoms with van der Waals surface area (Å²) in [4.78, 5) is 13.1. The number of hydrogen-bond acceptors (Lipinski definition) is 5. The highest BCUT2D eigenvalue weighted by Crippen LogP contribution is 2.22. The van der Waals surface area contributed by atoms with Crippen LogP contribution in [0, 0.1) is 11.8 Å². The van der Waals surface area contributed by atoms with Gasteiger partial charge in [0.25, 0.3) is 0 Å². The summed E-state index contributed by atoms with van der Waals surface area (Å²) in [5, 5.41) is 26.7. The van der Waals surface area contributed by atoms with Gasteiger partial charge in [0.1, 0.15) is 6.04 Å². The van der Waals surface area contributed by atoms with E-state index in [-0.39, 0.29) is 5.92 Å². The minimum atomic E-state index is -1.26. The lowest BCUT2D eigenvalue weighted by Crippen LogP contribution is -2.39. The van der Waals surface area contributed by atoms with E-state index in [1.165, 1.54) is 0 Å². The third-order valence-electron chi connectivity index (χ3n) is 3.69. The maximum atomic E-state index is 11.0. The van der Waals surface area contributed by atoms with Gasteiger partial charge in [0.2, 0.25) is 0 Å². The van der Waals surface area contributed by atoms with Crippen molar-refractivity contribution >= 4 is 13.1 Å². The van der Waals surface area contributed by atoms with Crippen LogP contribution in [0.5, 0.6) is 0 Å². The lowest BCUT2D eigenvalue weighted by atomic mass is 9.79. The number of carboxylic acids is 1. The third-order valence-corrected chi connectivity index (χ3v) is 3.69. The molecule has 0 aliphatic rings. The molecule has 0 aromatic heterocycles. The Balaban J connectivity index is 4.23. The molecule has 0 saturated heterocycles. The number of carbonyl (C=O) groups is 1. The number of nitrogens with two attached hydrogens (primary N) is 1. The van der Waals surface area contributed by atoms with Crippen molar-refractivity contribution in [2.45, 2.75) is 45.0 Å². The van der Waals surface area contributed by atoms with Crippen molar-refractivity contribution in [1.82, 2.24) is 4.90 Å². The van der Waals surface area contributed by atoms with Crippen LogP contribution in [-0.4, -0.2) is 59.8 Å². The Morgan fingerprint density at radius 2 is 1.80 bits per heavy atom. The Hall–Kier alpha value is -0.625. The molecule has 3 atom stereocenters. The molecular weight excluding hydrogens is 259 g/mol. The van der Waals surface area contributed by atoms with Gasteiger partial charge in [-0.1, -0.05) is 19.8 Å². The molecule has 0 aliphatic heterocycles. The summed E-state index contributed by atoms with van der Waals surface area (Å²) < 4.78 is 0. The zero-order chi connectivity index (χ0) is 15.7. The second-order valence-corrected chi connectivity index (χ2v) is 5.96. The van der Waals surface area contributed by atoms with E-state index in [1.807, 2.05) is 25.9 Å². The molecule has 118 valence electrons. The van der Waals surface area contributed by atoms with Gasteiger partial charge in [0, 0.05) is 0 Å². The fourth-order valence-electron chi connectivity index (χ4n) is 2.21. The van der Waals surface area contributed by atoms with Crippen molar-refractivity contribution in [1.29, 1.82) is 0 Å². The molecule has 0 bridgehead atoms. The van der Waals surface area contributed by atoms with Gasteiger partial charge >= 0.3 is 13.1 Å². The van der Waals surface area contributed by atoms with E-state index >= 15 is 0 Å². The Morgan fingerprint density at radius 1 is 1.20 bits per heavy atom. The average Bonchev–Trinajstić information content (AvgIpc) is 2.35. The number of aliphatic carboxylic acids is 1. The minimum Gasteiger partial charge on any atom is -0.480 e. The molecule has 0 aliphatic carbocycles. The van der Waals surface area contributed by atoms with Crippen molar-refractivity contribution in [3.63, 3.8) is 0 Å². The standard InChI is InChI=1S/C13H29BN2O4/c1-10(6-8-14(19)20)4-5-11(7-9-16(2)3)12(15)13(17)18/h10-12,19-20H,4-9,15H2,1-3H3,(H,17,18)/t10-,11?,12?/m0/s1. The van der Waals surface area contributed by atoms with Gasteiger partial charge in [-0.05, 0) is 51.6 Å². The van der Waals surface area contributed by atoms with Crippen molar-refractivity contribution < 1.29 is 19.9 Å². The molecule has 7 heteroatoms. The minimum absolute atomic E-state index is 0.0450. The Morgan fingerprint density at radius 3 is 2.25 bits per heavy atom. The molecule has 0 saturated carbocycles. The molecule has 20 heavy (non-hydrogen) atoms. The first-order chi connectivity index (χ1) is 9.23. The predicted octanol–water partition coefficient (Wildman–Crippen LogP) is 0.245. The lowest BCUT2D eigenvalue weighted by molar-refractivity contribution is -0.140. The highest BCUT2D eigenvalue weighted by Gasteiger charge is 2.24. The van der Waals surface area contributed by atoms with Crippen molar-refractivity contribution in [3.8, 4) is 0 Å². The quantitative estimate of drug-likeness (QED) is 0.406. The van der Waals surface area contributed by atoms with Gasteiger partial charge in [-0.2, -0.15) is 0 Å². The van der Waals surface area contributed by atoms with Crippen LogP contribution >= 0.6 is 0 Å². The van der Waals surface area contributed by atoms with Gasteiger partial charge < -0.3 is 25.8 Å². The van der Waals surface area contributed by atoms with E-state index in [0.29, 0.717) is 12.2 Å². The first-order valence-corrected chi connectivity index (χ1v) is 7.23. The Kier molecular flexibility index (Phi) is 9.84. The lowest BCUT2D eigenvalue weighted by Gasteiger charge is -2.24. The van der Waals surface area contributed by atoms with Crippen LogP contribution in [0.4, 0.5) is 0 Å². The largest absolute Gasteiger partial charge is 0.480 e. The molecule has 0 aromatic carbocycles. The first kappa shape index (κ1) is 19.4. The van der Waals surface area contributed by atoms with Crippen LogP contribution < -0.4 is 5.73 Å². The van der Waals surface area contributed by atoms with Gasteiger partial charge in [-0.3, -0.25) is 4.79 Å². The summed E-state index contributed by atoms with van der Waals surface area (Å²) in [5.74, 6) is -0.664. The fourth-order valence-corrected chi connectivity index (χ4v) is 2.21. The number of nitrogens with zero attached hydrogens (tertiary/aromatic N) is 1. The zero-order valence-corrected chi connectivity index (χ0v) is 12.8. The first-order valence-electron chi connectivity index (χ1n) is 7.23. The highest BCUT2D eigenvalue weighted by molar-refractivity contribution is 6.40. The Bertz CT molecular complexity index is 277. The van der Waals surface area contributed by atoms with Crippen LogP contribution in [0.3, 0.4) is 0 Å². The van der Waals surface area contributed by atoms with E-state index in [2.05, 4.69) is 0 Å². The predicted molar refractivity (Wildman–Crippen MR) is 80.3 cm³/mol. The molecule has 0 radical (unpaired) electrons. The van der Waals surface area contributed by atoms with Gasteiger partial charge in [-0.25, -0.2) is 0 Å². The molecule has 6 nitrogen and oxygen atoms in total. The van der Waals surface area contributed by atoms with E-state index < -0.39 is 19.1 Å². The molecule has 0 amide bonds. The van der Waals surface area contributed by atoms with Crippen LogP contribution in [-0.2, 0) is 4.79 Å². The van der Waals surface area contributed by atoms with E-state index in [0.717, 1.165) is 32.2 Å². The number of carboxylic acid groups (broad SMARTS) is 1. The second-order valence-electron chi connectivity index (χ2n) is 5.96. The van der Waals surface area contributed by atoms with E-state index in [9.17, 15) is 4.79 Å². The third kappa shape index (κ3) is 9.31. The SMILES string of the molecule is C[C@H](CCB(O)O)CCC(CCN(C)C)C(N)C(=O)O. The van der Waals surface area contributed by atoms with Crippen molar-refractivity contribution in [3.05, 3.63) is 0 Å². The summed E-state index contributed by atoms with van der Waals surface area (Å²) >= 11 is 0. The molecule has 0 spiro atoms. The van der Waals surface area contributed by atoms with Gasteiger partial charge in [0.15, 0.2) is 0 Å². The second kappa shape index (κ2) is 10.2. The smallest absolute Gasteiger partial charge is 0.451 e. The molecule has 0 heterocycles. The summed E-state index contributed by atoms with van der Waals surface area (Å²) in [6, 6.07) is -0.828. The maximum Gasteiger partial charge on any atom is 0.451 e. The molecule has 2 unspecified atom stereocenters. The average molecular weight is 288 g/mol. The number of rotatable bonds is 11. The van der Waals surface area contributed by atoms with Crippen LogP contribution in [0.25, 0.3) is 0 Å². The van der Waals surface area contributed by atoms with E-state index in [4.69, 9.17) is 20.9 Å². The highest BCUT2D eigenvalue weighted by atomic mass is 16.4. The normalized spacial score (nSPS) is 15.9. The molecule has 0 rings (SSSR count). The zero-order valence-electron chi connectivity index (χ0n) is 12.8. The summed E-state index contributed by atoms with van der Waals surface area (Å²) in [6.45, 7) is 2.85. The van der Waals surface area contributed by atoms with Gasteiger partial charge in [-0.15, -0.1) is 0 Å². The summed E-state index contributed by atoms with van der Waals surface area (Å²) in [7, 11) is 2.65. The molecule has 0 aromatic rings. The van der Waals surface area contributed by atoms with Gasteiger partial charge in [0.05, 0.1) is 0 Å². The summed E-state index contributed by atoms with van der Waals surface area (Å²) in [5.41, 5.74) is 5.76. The van der Waals surface area contributed by atoms with Crippen molar-refractivity contribution in [2.24, 2.45) is 17.6 Å². The topological polar surface area (TPSA) is 107 Å². The summed E-state index contributed by atoms with van der Waals surface area (Å²) in [6.07, 6.45) is 3.44. The van der Waals surface area contributed by atoms with E-state index in [1.54, 1.807) is 0 Å². The molecule has 0 fully saturated rings. The fraction of sp³-hybridized carbons (Fsp3) is 0.923. The molecular formula is C13H29BN2O4.